The second-order valence-electron chi connectivity index (χ2n) is 5.26. The van der Waals surface area contributed by atoms with Crippen LogP contribution in [0.25, 0.3) is 0 Å². The van der Waals surface area contributed by atoms with Gasteiger partial charge in [0.15, 0.2) is 0 Å². The van der Waals surface area contributed by atoms with Crippen LogP contribution in [0.2, 0.25) is 0 Å². The monoisotopic (exact) mass is 316 g/mol. The molecular weight excluding hydrogens is 300 g/mol. The Bertz CT molecular complexity index is 715. The van der Waals surface area contributed by atoms with Crippen LogP contribution in [0.3, 0.4) is 0 Å². The second kappa shape index (κ2) is 6.30. The van der Waals surface area contributed by atoms with Crippen LogP contribution in [0, 0.1) is 11.3 Å². The number of carbonyl (C=O) groups is 1. The molecule has 0 bridgehead atoms. The molecule has 1 fully saturated rings. The predicted octanol–water partition coefficient (Wildman–Crippen LogP) is 2.00. The molecule has 2 aromatic rings. The van der Waals surface area contributed by atoms with Gasteiger partial charge in [-0.1, -0.05) is 0 Å². The van der Waals surface area contributed by atoms with E-state index in [2.05, 4.69) is 10.3 Å². The molecule has 0 saturated carbocycles. The molecule has 0 aromatic carbocycles. The first-order valence-electron chi connectivity index (χ1n) is 7.05. The van der Waals surface area contributed by atoms with Gasteiger partial charge >= 0.3 is 0 Å². The molecule has 0 spiro atoms. The van der Waals surface area contributed by atoms with Crippen molar-refractivity contribution in [3.05, 3.63) is 40.1 Å². The maximum absolute atomic E-state index is 12.3. The minimum absolute atomic E-state index is 0.0368. The van der Waals surface area contributed by atoms with Gasteiger partial charge in [0.05, 0.1) is 23.8 Å². The lowest BCUT2D eigenvalue weighted by Crippen LogP contribution is -2.40. The number of ether oxygens (including phenoxy) is 1. The Morgan fingerprint density at radius 3 is 3.23 bits per heavy atom. The second-order valence-corrected chi connectivity index (χ2v) is 6.17. The number of imidazole rings is 1. The highest BCUT2D eigenvalue weighted by Gasteiger charge is 2.27. The van der Waals surface area contributed by atoms with Crippen molar-refractivity contribution >= 4 is 17.2 Å². The van der Waals surface area contributed by atoms with Crippen LogP contribution in [-0.2, 0) is 11.8 Å². The molecule has 114 valence electrons. The van der Waals surface area contributed by atoms with Crippen LogP contribution in [0.15, 0.2) is 24.0 Å². The quantitative estimate of drug-likeness (QED) is 0.939. The van der Waals surface area contributed by atoms with Gasteiger partial charge in [0.2, 0.25) is 0 Å². The van der Waals surface area contributed by atoms with Gasteiger partial charge in [-0.15, -0.1) is 11.3 Å². The number of nitrogens with one attached hydrogen (secondary N) is 1. The summed E-state index contributed by atoms with van der Waals surface area (Å²) >= 11 is 1.29. The first kappa shape index (κ1) is 14.8. The van der Waals surface area contributed by atoms with E-state index in [-0.39, 0.29) is 18.1 Å². The van der Waals surface area contributed by atoms with Gasteiger partial charge in [0.25, 0.3) is 5.91 Å². The Labute approximate surface area is 132 Å². The van der Waals surface area contributed by atoms with Crippen LogP contribution in [0.5, 0.6) is 0 Å². The highest BCUT2D eigenvalue weighted by Crippen LogP contribution is 2.28. The van der Waals surface area contributed by atoms with Gasteiger partial charge in [0.1, 0.15) is 17.1 Å². The minimum Gasteiger partial charge on any atom is -0.372 e. The molecule has 1 aliphatic heterocycles. The van der Waals surface area contributed by atoms with E-state index >= 15 is 0 Å². The van der Waals surface area contributed by atoms with Crippen LogP contribution in [0.1, 0.15) is 39.9 Å². The molecule has 1 saturated heterocycles. The van der Waals surface area contributed by atoms with Crippen molar-refractivity contribution in [1.29, 1.82) is 5.26 Å². The number of nitrogens with zero attached hydrogens (tertiary/aromatic N) is 3. The van der Waals surface area contributed by atoms with Crippen molar-refractivity contribution in [3.63, 3.8) is 0 Å². The van der Waals surface area contributed by atoms with E-state index in [1.807, 2.05) is 17.7 Å². The molecule has 0 radical (unpaired) electrons. The Hall–Kier alpha value is -2.17. The summed E-state index contributed by atoms with van der Waals surface area (Å²) in [5.74, 6) is -0.179. The molecular formula is C15H16N4O2S. The molecule has 3 rings (SSSR count). The first-order chi connectivity index (χ1) is 10.7. The molecule has 0 unspecified atom stereocenters. The number of nitriles is 1. The van der Waals surface area contributed by atoms with Crippen molar-refractivity contribution in [2.75, 3.05) is 6.61 Å². The Morgan fingerprint density at radius 1 is 1.64 bits per heavy atom. The normalized spacial score (nSPS) is 21.3. The third-order valence-corrected chi connectivity index (χ3v) is 4.71. The Balaban J connectivity index is 1.67. The standard InChI is InChI=1S/C15H16N4O2S/c1-19-9-17-8-12(19)13-6-11(2-4-21-13)18-15(20)14-10(7-16)3-5-22-14/h3,5,8-9,11,13H,2,4,6H2,1H3,(H,18,20)/t11-,13+/m0/s1. The Morgan fingerprint density at radius 2 is 2.50 bits per heavy atom. The number of carbonyl (C=O) groups excluding carboxylic acids is 1. The van der Waals surface area contributed by atoms with E-state index in [0.717, 1.165) is 12.1 Å². The maximum atomic E-state index is 12.3. The number of hydrogen-bond donors (Lipinski definition) is 1. The van der Waals surface area contributed by atoms with Crippen molar-refractivity contribution in [3.8, 4) is 6.07 Å². The summed E-state index contributed by atoms with van der Waals surface area (Å²) in [5.41, 5.74) is 1.44. The van der Waals surface area contributed by atoms with Gasteiger partial charge < -0.3 is 14.6 Å². The largest absolute Gasteiger partial charge is 0.372 e. The van der Waals surface area contributed by atoms with Crippen LogP contribution in [0.4, 0.5) is 0 Å². The predicted molar refractivity (Wildman–Crippen MR) is 81.4 cm³/mol. The molecule has 1 aliphatic rings. The first-order valence-corrected chi connectivity index (χ1v) is 7.93. The number of thiophene rings is 1. The summed E-state index contributed by atoms with van der Waals surface area (Å²) < 4.78 is 7.72. The van der Waals surface area contributed by atoms with Gasteiger partial charge in [-0.05, 0) is 24.3 Å². The van der Waals surface area contributed by atoms with Crippen molar-refractivity contribution in [2.24, 2.45) is 7.05 Å². The van der Waals surface area contributed by atoms with E-state index in [1.54, 1.807) is 24.0 Å². The molecule has 0 aliphatic carbocycles. The minimum atomic E-state index is -0.179. The average Bonchev–Trinajstić information content (AvgIpc) is 3.15. The fourth-order valence-electron chi connectivity index (χ4n) is 2.64. The van der Waals surface area contributed by atoms with Gasteiger partial charge in [-0.3, -0.25) is 4.79 Å². The summed E-state index contributed by atoms with van der Waals surface area (Å²) in [6.45, 7) is 0.594. The SMILES string of the molecule is Cn1cncc1[C@H]1C[C@@H](NC(=O)c2sccc2C#N)CCO1. The number of aromatic nitrogens is 2. The van der Waals surface area contributed by atoms with Gasteiger partial charge in [-0.2, -0.15) is 5.26 Å². The summed E-state index contributed by atoms with van der Waals surface area (Å²) in [4.78, 5) is 16.9. The maximum Gasteiger partial charge on any atom is 0.262 e. The highest BCUT2D eigenvalue weighted by atomic mass is 32.1. The third-order valence-electron chi connectivity index (χ3n) is 3.79. The zero-order valence-corrected chi connectivity index (χ0v) is 13.0. The topological polar surface area (TPSA) is 79.9 Å². The zero-order chi connectivity index (χ0) is 15.5. The van der Waals surface area contributed by atoms with Crippen molar-refractivity contribution in [1.82, 2.24) is 14.9 Å². The fraction of sp³-hybridized carbons (Fsp3) is 0.400. The van der Waals surface area contributed by atoms with Crippen LogP contribution in [-0.4, -0.2) is 28.1 Å². The highest BCUT2D eigenvalue weighted by molar-refractivity contribution is 7.12. The Kier molecular flexibility index (Phi) is 4.22. The summed E-state index contributed by atoms with van der Waals surface area (Å²) in [7, 11) is 1.93. The smallest absolute Gasteiger partial charge is 0.262 e. The zero-order valence-electron chi connectivity index (χ0n) is 12.2. The molecule has 2 aromatic heterocycles. The number of hydrogen-bond acceptors (Lipinski definition) is 5. The molecule has 2 atom stereocenters. The molecule has 7 heteroatoms. The lowest BCUT2D eigenvalue weighted by atomic mass is 10.0. The van der Waals surface area contributed by atoms with E-state index < -0.39 is 0 Å². The van der Waals surface area contributed by atoms with E-state index in [0.29, 0.717) is 23.5 Å². The summed E-state index contributed by atoms with van der Waals surface area (Å²) in [6, 6.07) is 3.75. The van der Waals surface area contributed by atoms with Crippen molar-refractivity contribution in [2.45, 2.75) is 25.0 Å². The molecule has 22 heavy (non-hydrogen) atoms. The number of amides is 1. The lowest BCUT2D eigenvalue weighted by molar-refractivity contribution is -0.00298. The molecule has 6 nitrogen and oxygen atoms in total. The molecule has 3 heterocycles. The van der Waals surface area contributed by atoms with Crippen LogP contribution >= 0.6 is 11.3 Å². The average molecular weight is 316 g/mol. The summed E-state index contributed by atoms with van der Waals surface area (Å²) in [6.07, 6.45) is 4.95. The van der Waals surface area contributed by atoms with Gasteiger partial charge in [0, 0.05) is 19.7 Å². The summed E-state index contributed by atoms with van der Waals surface area (Å²) in [5, 5.41) is 13.8. The van der Waals surface area contributed by atoms with E-state index in [9.17, 15) is 4.79 Å². The van der Waals surface area contributed by atoms with E-state index in [4.69, 9.17) is 10.00 Å². The van der Waals surface area contributed by atoms with Gasteiger partial charge in [-0.25, -0.2) is 4.98 Å². The van der Waals surface area contributed by atoms with E-state index in [1.165, 1.54) is 11.3 Å². The van der Waals surface area contributed by atoms with Crippen LogP contribution < -0.4 is 5.32 Å². The fourth-order valence-corrected chi connectivity index (χ4v) is 3.38. The number of aryl methyl sites for hydroxylation is 1. The molecule has 1 amide bonds. The number of rotatable bonds is 3. The molecule has 1 N–H and O–H groups in total. The lowest BCUT2D eigenvalue weighted by Gasteiger charge is -2.30. The van der Waals surface area contributed by atoms with Crippen molar-refractivity contribution < 1.29 is 9.53 Å². The third kappa shape index (κ3) is 2.89.